The van der Waals surface area contributed by atoms with Gasteiger partial charge in [-0.1, -0.05) is 0 Å². The summed E-state index contributed by atoms with van der Waals surface area (Å²) in [6.45, 7) is -0.491. The number of carbonyl (C=O) groups is 2. The van der Waals surface area contributed by atoms with Crippen molar-refractivity contribution in [1.29, 1.82) is 0 Å². The average molecular weight is 175 g/mol. The van der Waals surface area contributed by atoms with Gasteiger partial charge in [-0.05, 0) is 6.26 Å². The van der Waals surface area contributed by atoms with Gasteiger partial charge < -0.3 is 5.11 Å². The molecule has 0 aromatic carbocycles. The highest BCUT2D eigenvalue weighted by molar-refractivity contribution is 8.00. The molecule has 0 saturated carbocycles. The van der Waals surface area contributed by atoms with E-state index in [9.17, 15) is 9.59 Å². The topological polar surface area (TPSA) is 57.6 Å². The molecule has 1 fully saturated rings. The summed E-state index contributed by atoms with van der Waals surface area (Å²) in [7, 11) is 0. The standard InChI is InChI=1S/C6H9NO3S/c1-11-4-2-5(9)7(3-8)6(4)10/h4,8H,2-3H2,1H3. The second-order valence-electron chi connectivity index (χ2n) is 2.23. The number of nitrogens with zero attached hydrogens (tertiary/aromatic N) is 1. The van der Waals surface area contributed by atoms with Gasteiger partial charge in [-0.15, -0.1) is 0 Å². The molecule has 1 heterocycles. The van der Waals surface area contributed by atoms with Gasteiger partial charge in [0.1, 0.15) is 6.73 Å². The third-order valence-electron chi connectivity index (χ3n) is 1.63. The lowest BCUT2D eigenvalue weighted by molar-refractivity contribution is -0.142. The SMILES string of the molecule is CSC1CC(=O)N(CO)C1=O. The lowest BCUT2D eigenvalue weighted by Gasteiger charge is -2.08. The van der Waals surface area contributed by atoms with Crippen LogP contribution in [0.1, 0.15) is 6.42 Å². The molecule has 0 bridgehead atoms. The van der Waals surface area contributed by atoms with E-state index in [-0.39, 0.29) is 23.5 Å². The Bertz CT molecular complexity index is 194. The van der Waals surface area contributed by atoms with E-state index in [1.54, 1.807) is 6.26 Å². The van der Waals surface area contributed by atoms with Gasteiger partial charge in [0.2, 0.25) is 11.8 Å². The molecule has 1 atom stereocenters. The largest absolute Gasteiger partial charge is 0.376 e. The second-order valence-corrected chi connectivity index (χ2v) is 3.27. The van der Waals surface area contributed by atoms with Gasteiger partial charge in [-0.25, -0.2) is 0 Å². The molecule has 62 valence electrons. The zero-order chi connectivity index (χ0) is 8.43. The van der Waals surface area contributed by atoms with Gasteiger partial charge in [0.25, 0.3) is 0 Å². The Hall–Kier alpha value is -0.550. The monoisotopic (exact) mass is 175 g/mol. The maximum absolute atomic E-state index is 11.1. The molecule has 1 unspecified atom stereocenters. The number of likely N-dealkylation sites (tertiary alicyclic amines) is 1. The van der Waals surface area contributed by atoms with E-state index in [0.717, 1.165) is 4.90 Å². The zero-order valence-electron chi connectivity index (χ0n) is 6.11. The third-order valence-corrected chi connectivity index (χ3v) is 2.57. The number of thioether (sulfide) groups is 1. The Balaban J connectivity index is 2.71. The summed E-state index contributed by atoms with van der Waals surface area (Å²) in [5.41, 5.74) is 0. The van der Waals surface area contributed by atoms with Crippen molar-refractivity contribution in [2.24, 2.45) is 0 Å². The van der Waals surface area contributed by atoms with Crippen molar-refractivity contribution in [2.75, 3.05) is 13.0 Å². The molecular weight excluding hydrogens is 166 g/mol. The van der Waals surface area contributed by atoms with Gasteiger partial charge >= 0.3 is 0 Å². The molecule has 0 aromatic heterocycles. The lowest BCUT2D eigenvalue weighted by Crippen LogP contribution is -2.31. The van der Waals surface area contributed by atoms with E-state index in [4.69, 9.17) is 5.11 Å². The Morgan fingerprint density at radius 2 is 2.36 bits per heavy atom. The molecule has 0 aliphatic carbocycles. The number of hydrogen-bond acceptors (Lipinski definition) is 4. The summed E-state index contributed by atoms with van der Waals surface area (Å²) in [5, 5.41) is 8.31. The van der Waals surface area contributed by atoms with Crippen LogP contribution in [0.25, 0.3) is 0 Å². The molecule has 11 heavy (non-hydrogen) atoms. The van der Waals surface area contributed by atoms with Crippen molar-refractivity contribution < 1.29 is 14.7 Å². The molecule has 1 aliphatic heterocycles. The maximum Gasteiger partial charge on any atom is 0.244 e. The van der Waals surface area contributed by atoms with Crippen LogP contribution in [0, 0.1) is 0 Å². The highest BCUT2D eigenvalue weighted by Gasteiger charge is 2.37. The maximum atomic E-state index is 11.1. The Labute approximate surface area is 68.6 Å². The average Bonchev–Trinajstić information content (AvgIpc) is 2.26. The molecule has 5 heteroatoms. The molecule has 0 radical (unpaired) electrons. The van der Waals surface area contributed by atoms with Crippen molar-refractivity contribution in [3.8, 4) is 0 Å². The summed E-state index contributed by atoms with van der Waals surface area (Å²) < 4.78 is 0. The van der Waals surface area contributed by atoms with Crippen LogP contribution in [0.2, 0.25) is 0 Å². The summed E-state index contributed by atoms with van der Waals surface area (Å²) in [6.07, 6.45) is 2.00. The first-order valence-corrected chi connectivity index (χ1v) is 4.47. The fourth-order valence-electron chi connectivity index (χ4n) is 0.986. The Kier molecular flexibility index (Phi) is 2.51. The Morgan fingerprint density at radius 1 is 1.73 bits per heavy atom. The van der Waals surface area contributed by atoms with Crippen LogP contribution < -0.4 is 0 Å². The second kappa shape index (κ2) is 3.23. The number of hydrogen-bond donors (Lipinski definition) is 1. The highest BCUT2D eigenvalue weighted by atomic mass is 32.2. The number of imide groups is 1. The van der Waals surface area contributed by atoms with Crippen molar-refractivity contribution in [2.45, 2.75) is 11.7 Å². The van der Waals surface area contributed by atoms with Gasteiger partial charge in [0.05, 0.1) is 5.25 Å². The molecule has 2 amide bonds. The minimum absolute atomic E-state index is 0.223. The van der Waals surface area contributed by atoms with E-state index in [2.05, 4.69) is 0 Å². The van der Waals surface area contributed by atoms with Gasteiger partial charge in [-0.2, -0.15) is 11.8 Å². The number of aliphatic hydroxyl groups excluding tert-OH is 1. The van der Waals surface area contributed by atoms with Crippen LogP contribution in [0.4, 0.5) is 0 Å². The highest BCUT2D eigenvalue weighted by Crippen LogP contribution is 2.21. The fourth-order valence-corrected chi connectivity index (χ4v) is 1.62. The van der Waals surface area contributed by atoms with Gasteiger partial charge in [0.15, 0.2) is 0 Å². The van der Waals surface area contributed by atoms with Gasteiger partial charge in [-0.3, -0.25) is 14.5 Å². The van der Waals surface area contributed by atoms with Crippen molar-refractivity contribution >= 4 is 23.6 Å². The van der Waals surface area contributed by atoms with Crippen LogP contribution in [-0.4, -0.2) is 40.1 Å². The van der Waals surface area contributed by atoms with E-state index in [1.165, 1.54) is 11.8 Å². The van der Waals surface area contributed by atoms with Gasteiger partial charge in [0, 0.05) is 6.42 Å². The minimum Gasteiger partial charge on any atom is -0.376 e. The zero-order valence-corrected chi connectivity index (χ0v) is 6.93. The number of amides is 2. The number of rotatable bonds is 2. The molecular formula is C6H9NO3S. The summed E-state index contributed by atoms with van der Waals surface area (Å²) in [5.74, 6) is -0.554. The first kappa shape index (κ1) is 8.55. The predicted molar refractivity (Wildman–Crippen MR) is 40.9 cm³/mol. The molecule has 4 nitrogen and oxygen atoms in total. The summed E-state index contributed by atoms with van der Waals surface area (Å²) in [6, 6.07) is 0. The molecule has 1 N–H and O–H groups in total. The lowest BCUT2D eigenvalue weighted by atomic mass is 10.4. The summed E-state index contributed by atoms with van der Waals surface area (Å²) >= 11 is 1.34. The van der Waals surface area contributed by atoms with Crippen molar-refractivity contribution in [3.63, 3.8) is 0 Å². The third kappa shape index (κ3) is 1.39. The van der Waals surface area contributed by atoms with Crippen LogP contribution in [0.15, 0.2) is 0 Å². The quantitative estimate of drug-likeness (QED) is 0.571. The predicted octanol–water partition coefficient (Wildman–Crippen LogP) is -0.573. The molecule has 1 rings (SSSR count). The van der Waals surface area contributed by atoms with Crippen LogP contribution in [-0.2, 0) is 9.59 Å². The van der Waals surface area contributed by atoms with E-state index < -0.39 is 6.73 Å². The smallest absolute Gasteiger partial charge is 0.244 e. The van der Waals surface area contributed by atoms with Crippen LogP contribution in [0.5, 0.6) is 0 Å². The molecule has 0 aromatic rings. The number of carbonyl (C=O) groups excluding carboxylic acids is 2. The first-order chi connectivity index (χ1) is 5.20. The minimum atomic E-state index is -0.491. The molecule has 0 spiro atoms. The first-order valence-electron chi connectivity index (χ1n) is 3.18. The van der Waals surface area contributed by atoms with E-state index >= 15 is 0 Å². The molecule has 1 aliphatic rings. The molecule has 1 saturated heterocycles. The van der Waals surface area contributed by atoms with Crippen LogP contribution >= 0.6 is 11.8 Å². The van der Waals surface area contributed by atoms with Crippen molar-refractivity contribution in [3.05, 3.63) is 0 Å². The van der Waals surface area contributed by atoms with Crippen LogP contribution in [0.3, 0.4) is 0 Å². The Morgan fingerprint density at radius 3 is 2.64 bits per heavy atom. The van der Waals surface area contributed by atoms with E-state index in [1.807, 2.05) is 0 Å². The number of aliphatic hydroxyl groups is 1. The fraction of sp³-hybridized carbons (Fsp3) is 0.667. The van der Waals surface area contributed by atoms with Crippen molar-refractivity contribution in [1.82, 2.24) is 4.90 Å². The summed E-state index contributed by atoms with van der Waals surface area (Å²) in [4.78, 5) is 22.9. The normalized spacial score (nSPS) is 24.9. The van der Waals surface area contributed by atoms with E-state index in [0.29, 0.717) is 0 Å².